The number of carbonyl (C=O) groups excluding carboxylic acids is 1. The first-order chi connectivity index (χ1) is 9.28. The summed E-state index contributed by atoms with van der Waals surface area (Å²) in [7, 11) is 0. The Morgan fingerprint density at radius 3 is 2.45 bits per heavy atom. The van der Waals surface area contributed by atoms with Gasteiger partial charge in [-0.1, -0.05) is 18.2 Å². The SMILES string of the molecule is O=C(O)C1CC1C(=O)Nc1ccccc1CC(F)(F)F. The second kappa shape index (κ2) is 5.15. The number of benzene rings is 1. The van der Waals surface area contributed by atoms with Gasteiger partial charge in [0.25, 0.3) is 0 Å². The smallest absolute Gasteiger partial charge is 0.393 e. The molecular formula is C13H12F3NO3. The van der Waals surface area contributed by atoms with Crippen molar-refractivity contribution in [3.8, 4) is 0 Å². The van der Waals surface area contributed by atoms with Crippen molar-refractivity contribution in [2.45, 2.75) is 19.0 Å². The van der Waals surface area contributed by atoms with Crippen LogP contribution < -0.4 is 5.32 Å². The van der Waals surface area contributed by atoms with E-state index < -0.39 is 36.3 Å². The van der Waals surface area contributed by atoms with Crippen molar-refractivity contribution in [2.24, 2.45) is 11.8 Å². The number of para-hydroxylation sites is 1. The van der Waals surface area contributed by atoms with E-state index in [-0.39, 0.29) is 17.7 Å². The van der Waals surface area contributed by atoms with E-state index in [2.05, 4.69) is 5.32 Å². The molecule has 108 valence electrons. The van der Waals surface area contributed by atoms with E-state index in [9.17, 15) is 22.8 Å². The molecule has 1 aromatic carbocycles. The Hall–Kier alpha value is -2.05. The third kappa shape index (κ3) is 3.49. The zero-order valence-corrected chi connectivity index (χ0v) is 10.3. The molecule has 1 fully saturated rings. The number of anilines is 1. The molecule has 0 bridgehead atoms. The first-order valence-corrected chi connectivity index (χ1v) is 5.96. The third-order valence-corrected chi connectivity index (χ3v) is 3.11. The number of aliphatic carboxylic acids is 1. The average molecular weight is 287 g/mol. The summed E-state index contributed by atoms with van der Waals surface area (Å²) in [5.41, 5.74) is 0.0340. The molecule has 4 nitrogen and oxygen atoms in total. The number of hydrogen-bond donors (Lipinski definition) is 2. The molecule has 2 atom stereocenters. The Labute approximate surface area is 112 Å². The van der Waals surface area contributed by atoms with Crippen molar-refractivity contribution in [1.82, 2.24) is 0 Å². The summed E-state index contributed by atoms with van der Waals surface area (Å²) in [5, 5.41) is 11.1. The summed E-state index contributed by atoms with van der Waals surface area (Å²) in [5.74, 6) is -3.00. The fraction of sp³-hybridized carbons (Fsp3) is 0.385. The lowest BCUT2D eigenvalue weighted by molar-refractivity contribution is -0.139. The molecule has 0 saturated heterocycles. The number of amides is 1. The van der Waals surface area contributed by atoms with E-state index >= 15 is 0 Å². The molecule has 1 aliphatic carbocycles. The highest BCUT2D eigenvalue weighted by Crippen LogP contribution is 2.39. The topological polar surface area (TPSA) is 66.4 Å². The molecular weight excluding hydrogens is 275 g/mol. The summed E-state index contributed by atoms with van der Waals surface area (Å²) in [4.78, 5) is 22.4. The highest BCUT2D eigenvalue weighted by Gasteiger charge is 2.48. The molecule has 0 spiro atoms. The van der Waals surface area contributed by atoms with Gasteiger partial charge in [0.2, 0.25) is 5.91 Å². The number of rotatable bonds is 4. The van der Waals surface area contributed by atoms with Gasteiger partial charge >= 0.3 is 12.1 Å². The Balaban J connectivity index is 2.06. The van der Waals surface area contributed by atoms with Gasteiger partial charge in [0.1, 0.15) is 0 Å². The maximum Gasteiger partial charge on any atom is 0.393 e. The summed E-state index contributed by atoms with van der Waals surface area (Å²) in [6.45, 7) is 0. The van der Waals surface area contributed by atoms with Gasteiger partial charge in [-0.15, -0.1) is 0 Å². The normalized spacial score (nSPS) is 21.4. The number of carboxylic acid groups (broad SMARTS) is 1. The van der Waals surface area contributed by atoms with Crippen LogP contribution in [0.4, 0.5) is 18.9 Å². The quantitative estimate of drug-likeness (QED) is 0.894. The van der Waals surface area contributed by atoms with E-state index in [0.717, 1.165) is 0 Å². The molecule has 1 aromatic rings. The van der Waals surface area contributed by atoms with Gasteiger partial charge in [-0.3, -0.25) is 9.59 Å². The molecule has 7 heteroatoms. The maximum absolute atomic E-state index is 12.4. The van der Waals surface area contributed by atoms with Gasteiger partial charge in [0.15, 0.2) is 0 Å². The van der Waals surface area contributed by atoms with Gasteiger partial charge < -0.3 is 10.4 Å². The van der Waals surface area contributed by atoms with Gasteiger partial charge in [0, 0.05) is 5.69 Å². The van der Waals surface area contributed by atoms with Crippen molar-refractivity contribution < 1.29 is 27.9 Å². The van der Waals surface area contributed by atoms with Gasteiger partial charge in [-0.05, 0) is 18.1 Å². The third-order valence-electron chi connectivity index (χ3n) is 3.11. The Bertz CT molecular complexity index is 542. The summed E-state index contributed by atoms with van der Waals surface area (Å²) >= 11 is 0. The van der Waals surface area contributed by atoms with Crippen LogP contribution in [0.25, 0.3) is 0 Å². The number of carboxylic acids is 1. The van der Waals surface area contributed by atoms with Crippen LogP contribution in [0.5, 0.6) is 0 Å². The fourth-order valence-electron chi connectivity index (χ4n) is 2.00. The predicted molar refractivity (Wildman–Crippen MR) is 64.1 cm³/mol. The largest absolute Gasteiger partial charge is 0.481 e. The van der Waals surface area contributed by atoms with Crippen LogP contribution in [0.1, 0.15) is 12.0 Å². The number of hydrogen-bond acceptors (Lipinski definition) is 2. The van der Waals surface area contributed by atoms with Gasteiger partial charge in [-0.25, -0.2) is 0 Å². The van der Waals surface area contributed by atoms with Crippen LogP contribution in [0.2, 0.25) is 0 Å². The summed E-state index contributed by atoms with van der Waals surface area (Å²) in [6.07, 6.45) is -5.29. The Morgan fingerprint density at radius 2 is 1.90 bits per heavy atom. The fourth-order valence-corrected chi connectivity index (χ4v) is 2.00. The van der Waals surface area contributed by atoms with E-state index in [0.29, 0.717) is 0 Å². The zero-order chi connectivity index (χ0) is 14.9. The van der Waals surface area contributed by atoms with E-state index in [1.807, 2.05) is 0 Å². The van der Waals surface area contributed by atoms with Crippen molar-refractivity contribution >= 4 is 17.6 Å². The molecule has 1 aliphatic rings. The molecule has 2 N–H and O–H groups in total. The van der Waals surface area contributed by atoms with E-state index in [1.165, 1.54) is 24.3 Å². The molecule has 0 aromatic heterocycles. The minimum Gasteiger partial charge on any atom is -0.481 e. The highest BCUT2D eigenvalue weighted by atomic mass is 19.4. The molecule has 2 unspecified atom stereocenters. The van der Waals surface area contributed by atoms with Crippen molar-refractivity contribution in [3.05, 3.63) is 29.8 Å². The lowest BCUT2D eigenvalue weighted by Crippen LogP contribution is -2.19. The minimum absolute atomic E-state index is 0.0409. The minimum atomic E-state index is -4.37. The molecule has 20 heavy (non-hydrogen) atoms. The monoisotopic (exact) mass is 287 g/mol. The lowest BCUT2D eigenvalue weighted by atomic mass is 10.1. The second-order valence-corrected chi connectivity index (χ2v) is 4.73. The van der Waals surface area contributed by atoms with Crippen molar-refractivity contribution in [1.29, 1.82) is 0 Å². The van der Waals surface area contributed by atoms with Gasteiger partial charge in [-0.2, -0.15) is 13.2 Å². The van der Waals surface area contributed by atoms with Crippen LogP contribution >= 0.6 is 0 Å². The highest BCUT2D eigenvalue weighted by molar-refractivity contribution is 5.98. The second-order valence-electron chi connectivity index (χ2n) is 4.73. The number of nitrogens with one attached hydrogen (secondary N) is 1. The number of alkyl halides is 3. The molecule has 1 amide bonds. The lowest BCUT2D eigenvalue weighted by Gasteiger charge is -2.12. The molecule has 0 heterocycles. The van der Waals surface area contributed by atoms with Crippen LogP contribution in [0.3, 0.4) is 0 Å². The number of halogens is 3. The molecule has 1 saturated carbocycles. The van der Waals surface area contributed by atoms with Crippen molar-refractivity contribution in [2.75, 3.05) is 5.32 Å². The van der Waals surface area contributed by atoms with Crippen LogP contribution in [-0.4, -0.2) is 23.2 Å². The molecule has 0 aliphatic heterocycles. The molecule has 2 rings (SSSR count). The Morgan fingerprint density at radius 1 is 1.25 bits per heavy atom. The zero-order valence-electron chi connectivity index (χ0n) is 10.3. The average Bonchev–Trinajstić information content (AvgIpc) is 3.09. The molecule has 0 radical (unpaired) electrons. The van der Waals surface area contributed by atoms with Crippen LogP contribution in [0, 0.1) is 11.8 Å². The maximum atomic E-state index is 12.4. The van der Waals surface area contributed by atoms with Crippen molar-refractivity contribution in [3.63, 3.8) is 0 Å². The van der Waals surface area contributed by atoms with Gasteiger partial charge in [0.05, 0.1) is 18.3 Å². The van der Waals surface area contributed by atoms with E-state index in [1.54, 1.807) is 0 Å². The number of carbonyl (C=O) groups is 2. The first kappa shape index (κ1) is 14.4. The predicted octanol–water partition coefficient (Wildman–Crippen LogP) is 2.45. The van der Waals surface area contributed by atoms with Crippen LogP contribution in [0.15, 0.2) is 24.3 Å². The Kier molecular flexibility index (Phi) is 3.69. The standard InChI is InChI=1S/C13H12F3NO3/c14-13(15,16)6-7-3-1-2-4-10(7)17-11(18)8-5-9(8)12(19)20/h1-4,8-9H,5-6H2,(H,17,18)(H,19,20). The van der Waals surface area contributed by atoms with E-state index in [4.69, 9.17) is 5.11 Å². The van der Waals surface area contributed by atoms with Crippen LogP contribution in [-0.2, 0) is 16.0 Å². The summed E-state index contributed by atoms with van der Waals surface area (Å²) < 4.78 is 37.2. The summed E-state index contributed by atoms with van der Waals surface area (Å²) in [6, 6.07) is 5.62. The first-order valence-electron chi connectivity index (χ1n) is 5.96.